The fourth-order valence-electron chi connectivity index (χ4n) is 2.09. The van der Waals surface area contributed by atoms with E-state index in [0.29, 0.717) is 23.7 Å². The lowest BCUT2D eigenvalue weighted by atomic mass is 10.2. The summed E-state index contributed by atoms with van der Waals surface area (Å²) in [6.45, 7) is 6.06. The van der Waals surface area contributed by atoms with Gasteiger partial charge < -0.3 is 10.6 Å². The molecule has 2 rings (SSSR count). The van der Waals surface area contributed by atoms with Crippen LogP contribution in [0.3, 0.4) is 0 Å². The smallest absolute Gasteiger partial charge is 0.217 e. The van der Waals surface area contributed by atoms with E-state index in [4.69, 9.17) is 28.9 Å². The number of nitrogens with zero attached hydrogens (tertiary/aromatic N) is 1. The number of alkyl halides is 1. The van der Waals surface area contributed by atoms with Crippen molar-refractivity contribution in [1.29, 1.82) is 0 Å². The summed E-state index contributed by atoms with van der Waals surface area (Å²) in [5.41, 5.74) is 6.49. The Hall–Kier alpha value is -1.26. The highest BCUT2D eigenvalue weighted by molar-refractivity contribution is 6.31. The average molecular weight is 361 g/mol. The molecule has 0 aliphatic carbocycles. The number of amides is 1. The number of aldehydes is 1. The molecule has 1 fully saturated rings. The maximum atomic E-state index is 10.8. The first-order chi connectivity index (χ1) is 11.1. The number of carbonyl (C=O) groups excluding carboxylic acids is 2. The molecule has 1 heterocycles. The zero-order valence-electron chi connectivity index (χ0n) is 13.9. The van der Waals surface area contributed by atoms with E-state index < -0.39 is 0 Å². The Kier molecular flexibility index (Phi) is 12.5. The van der Waals surface area contributed by atoms with Gasteiger partial charge >= 0.3 is 0 Å². The highest BCUT2D eigenvalue weighted by atomic mass is 35.5. The molecule has 0 radical (unpaired) electrons. The molecule has 1 saturated heterocycles. The van der Waals surface area contributed by atoms with Crippen LogP contribution in [0.5, 0.6) is 0 Å². The lowest BCUT2D eigenvalue weighted by Gasteiger charge is -2.19. The number of primary amides is 1. The van der Waals surface area contributed by atoms with Crippen molar-refractivity contribution in [3.8, 4) is 0 Å². The highest BCUT2D eigenvalue weighted by Gasteiger charge is 2.15. The Bertz CT molecular complexity index is 476. The first-order valence-electron chi connectivity index (χ1n) is 7.92. The second kappa shape index (κ2) is 13.2. The van der Waals surface area contributed by atoms with Gasteiger partial charge in [0.1, 0.15) is 0 Å². The molecule has 0 saturated carbocycles. The number of halogens is 2. The molecule has 130 valence electrons. The molecular weight excluding hydrogens is 335 g/mol. The van der Waals surface area contributed by atoms with Crippen molar-refractivity contribution in [1.82, 2.24) is 0 Å². The summed E-state index contributed by atoms with van der Waals surface area (Å²) in [4.78, 5) is 23.0. The summed E-state index contributed by atoms with van der Waals surface area (Å²) < 4.78 is 0. The lowest BCUT2D eigenvalue weighted by molar-refractivity contribution is -0.118. The van der Waals surface area contributed by atoms with Crippen LogP contribution in [0.15, 0.2) is 18.2 Å². The Balaban J connectivity index is 0.000000460. The fourth-order valence-corrected chi connectivity index (χ4v) is 2.39. The minimum Gasteiger partial charge on any atom is -0.371 e. The molecule has 4 nitrogen and oxygen atoms in total. The summed E-state index contributed by atoms with van der Waals surface area (Å²) in [6, 6.07) is 5.41. The van der Waals surface area contributed by atoms with Gasteiger partial charge in [-0.3, -0.25) is 9.59 Å². The maximum absolute atomic E-state index is 10.8. The summed E-state index contributed by atoms with van der Waals surface area (Å²) in [5, 5.41) is 0.692. The number of benzene rings is 1. The van der Waals surface area contributed by atoms with E-state index in [-0.39, 0.29) is 5.91 Å². The summed E-state index contributed by atoms with van der Waals surface area (Å²) in [7, 11) is 0. The van der Waals surface area contributed by atoms with Crippen molar-refractivity contribution in [2.24, 2.45) is 5.73 Å². The van der Waals surface area contributed by atoms with Crippen molar-refractivity contribution in [2.75, 3.05) is 23.9 Å². The predicted octanol–water partition coefficient (Wildman–Crippen LogP) is 4.27. The number of hydrogen-bond donors (Lipinski definition) is 1. The molecule has 0 atom stereocenters. The molecule has 1 amide bonds. The Morgan fingerprint density at radius 2 is 1.91 bits per heavy atom. The van der Waals surface area contributed by atoms with Crippen LogP contribution in [0.2, 0.25) is 5.02 Å². The lowest BCUT2D eigenvalue weighted by Crippen LogP contribution is -2.19. The van der Waals surface area contributed by atoms with Crippen molar-refractivity contribution < 1.29 is 9.59 Å². The molecule has 0 unspecified atom stereocenters. The first kappa shape index (κ1) is 21.7. The highest BCUT2D eigenvalue weighted by Crippen LogP contribution is 2.26. The zero-order valence-corrected chi connectivity index (χ0v) is 15.4. The van der Waals surface area contributed by atoms with Gasteiger partial charge in [0.25, 0.3) is 0 Å². The van der Waals surface area contributed by atoms with Gasteiger partial charge in [0.15, 0.2) is 6.29 Å². The molecule has 0 aromatic heterocycles. The molecule has 2 N–H and O–H groups in total. The van der Waals surface area contributed by atoms with Gasteiger partial charge in [0.05, 0.1) is 0 Å². The third-order valence-corrected chi connectivity index (χ3v) is 3.63. The third-order valence-electron chi connectivity index (χ3n) is 3.12. The number of anilines is 1. The van der Waals surface area contributed by atoms with Crippen LogP contribution in [0.4, 0.5) is 5.69 Å². The number of nitrogens with two attached hydrogens (primary N) is 1. The van der Waals surface area contributed by atoms with E-state index in [1.54, 1.807) is 12.1 Å². The quantitative estimate of drug-likeness (QED) is 0.629. The van der Waals surface area contributed by atoms with Gasteiger partial charge in [-0.1, -0.05) is 25.4 Å². The molecular formula is C17H26Cl2N2O2. The molecule has 0 bridgehead atoms. The van der Waals surface area contributed by atoms with E-state index in [2.05, 4.69) is 4.90 Å². The van der Waals surface area contributed by atoms with Crippen molar-refractivity contribution >= 4 is 41.1 Å². The number of hydrogen-bond acceptors (Lipinski definition) is 3. The van der Waals surface area contributed by atoms with Crippen molar-refractivity contribution in [2.45, 2.75) is 39.5 Å². The number of carbonyl (C=O) groups is 2. The SMILES string of the molecule is CC.NC(=O)CCCCl.O=Cc1ccc(Cl)cc1N1CCCC1. The van der Waals surface area contributed by atoms with E-state index in [0.717, 1.165) is 30.6 Å². The van der Waals surface area contributed by atoms with Crippen LogP contribution in [0.1, 0.15) is 49.9 Å². The minimum atomic E-state index is -0.277. The maximum Gasteiger partial charge on any atom is 0.217 e. The van der Waals surface area contributed by atoms with Crippen molar-refractivity contribution in [3.05, 3.63) is 28.8 Å². The normalized spacial score (nSPS) is 12.6. The van der Waals surface area contributed by atoms with Crippen LogP contribution in [-0.2, 0) is 4.79 Å². The van der Waals surface area contributed by atoms with Crippen LogP contribution >= 0.6 is 23.2 Å². The van der Waals surface area contributed by atoms with Crippen molar-refractivity contribution in [3.63, 3.8) is 0 Å². The van der Waals surface area contributed by atoms with Gasteiger partial charge in [-0.05, 0) is 37.5 Å². The van der Waals surface area contributed by atoms with Gasteiger partial charge in [0.2, 0.25) is 5.91 Å². The molecule has 6 heteroatoms. The fraction of sp³-hybridized carbons (Fsp3) is 0.529. The summed E-state index contributed by atoms with van der Waals surface area (Å²) >= 11 is 11.1. The Morgan fingerprint density at radius 1 is 1.30 bits per heavy atom. The van der Waals surface area contributed by atoms with Gasteiger partial charge in [-0.15, -0.1) is 11.6 Å². The van der Waals surface area contributed by atoms with E-state index in [1.165, 1.54) is 12.8 Å². The van der Waals surface area contributed by atoms with Crippen LogP contribution in [0.25, 0.3) is 0 Å². The van der Waals surface area contributed by atoms with Crippen LogP contribution in [0, 0.1) is 0 Å². The van der Waals surface area contributed by atoms with E-state index in [1.807, 2.05) is 19.9 Å². The minimum absolute atomic E-state index is 0.277. The third kappa shape index (κ3) is 8.82. The second-order valence-corrected chi connectivity index (χ2v) is 5.59. The largest absolute Gasteiger partial charge is 0.371 e. The second-order valence-electron chi connectivity index (χ2n) is 4.77. The molecule has 1 aliphatic heterocycles. The van der Waals surface area contributed by atoms with Crippen LogP contribution < -0.4 is 10.6 Å². The first-order valence-corrected chi connectivity index (χ1v) is 8.83. The average Bonchev–Trinajstić information content (AvgIpc) is 3.09. The molecule has 1 aliphatic rings. The predicted molar refractivity (Wildman–Crippen MR) is 98.8 cm³/mol. The monoisotopic (exact) mass is 360 g/mol. The Labute approximate surface area is 148 Å². The summed E-state index contributed by atoms with van der Waals surface area (Å²) in [5.74, 6) is 0.240. The van der Waals surface area contributed by atoms with Gasteiger partial charge in [0, 0.05) is 41.7 Å². The molecule has 0 spiro atoms. The molecule has 1 aromatic rings. The molecule has 23 heavy (non-hydrogen) atoms. The molecule has 1 aromatic carbocycles. The number of rotatable bonds is 5. The summed E-state index contributed by atoms with van der Waals surface area (Å²) in [6.07, 6.45) is 4.39. The van der Waals surface area contributed by atoms with Gasteiger partial charge in [-0.2, -0.15) is 0 Å². The van der Waals surface area contributed by atoms with Gasteiger partial charge in [-0.25, -0.2) is 0 Å². The van der Waals surface area contributed by atoms with E-state index >= 15 is 0 Å². The van der Waals surface area contributed by atoms with E-state index in [9.17, 15) is 9.59 Å². The topological polar surface area (TPSA) is 63.4 Å². The standard InChI is InChI=1S/C11H12ClNO.C4H8ClNO.C2H6/c12-10-4-3-9(8-14)11(7-10)13-5-1-2-6-13;5-3-1-2-4(6)7;1-2/h3-4,7-8H,1-2,5-6H2;1-3H2,(H2,6,7);1-2H3. The Morgan fingerprint density at radius 3 is 2.35 bits per heavy atom. The van der Waals surface area contributed by atoms with Crippen LogP contribution in [-0.4, -0.2) is 31.2 Å². The zero-order chi connectivity index (χ0) is 17.7.